The van der Waals surface area contributed by atoms with Crippen LogP contribution in [-0.2, 0) is 20.7 Å². The normalized spacial score (nSPS) is 11.6. The lowest BCUT2D eigenvalue weighted by molar-refractivity contribution is -0.153. The number of rotatable bonds is 8. The number of esters is 1. The Bertz CT molecular complexity index is 1020. The maximum absolute atomic E-state index is 12.3. The maximum Gasteiger partial charge on any atom is 0.307 e. The molecule has 3 aromatic rings. The number of nitrogens with one attached hydrogen (secondary N) is 1. The third kappa shape index (κ3) is 6.18. The predicted octanol–water partition coefficient (Wildman–Crippen LogP) is 4.22. The smallest absolute Gasteiger partial charge is 0.307 e. The van der Waals surface area contributed by atoms with Crippen molar-refractivity contribution in [1.29, 1.82) is 0 Å². The molecule has 1 aromatic heterocycles. The Morgan fingerprint density at radius 2 is 1.77 bits per heavy atom. The van der Waals surface area contributed by atoms with E-state index in [1.807, 2.05) is 62.3 Å². The van der Waals surface area contributed by atoms with Crippen molar-refractivity contribution in [3.63, 3.8) is 0 Å². The van der Waals surface area contributed by atoms with Crippen LogP contribution in [0.5, 0.6) is 0 Å². The standard InChI is InChI=1S/C24H27N3O4/c1-16-5-7-18(8-6-16)21-15-25-22(31-21)13-14-23(28)30-17(2)24(29)26-19-9-11-20(12-10-19)27(3)4/h5-12,15,17H,13-14H2,1-4H3,(H,26,29). The van der Waals surface area contributed by atoms with Crippen LogP contribution in [0.2, 0.25) is 0 Å². The molecule has 2 aromatic carbocycles. The summed E-state index contributed by atoms with van der Waals surface area (Å²) >= 11 is 0. The zero-order valence-corrected chi connectivity index (χ0v) is 18.2. The third-order valence-corrected chi connectivity index (χ3v) is 4.76. The van der Waals surface area contributed by atoms with Crippen molar-refractivity contribution in [2.24, 2.45) is 0 Å². The summed E-state index contributed by atoms with van der Waals surface area (Å²) in [5.74, 6) is 0.228. The molecule has 1 amide bonds. The average Bonchev–Trinajstić information content (AvgIpc) is 3.22. The van der Waals surface area contributed by atoms with E-state index in [-0.39, 0.29) is 12.3 Å². The van der Waals surface area contributed by atoms with Crippen LogP contribution < -0.4 is 10.2 Å². The molecule has 0 radical (unpaired) electrons. The molecule has 0 aliphatic rings. The highest BCUT2D eigenvalue weighted by molar-refractivity contribution is 5.95. The van der Waals surface area contributed by atoms with Crippen molar-refractivity contribution < 1.29 is 18.7 Å². The molecule has 0 saturated carbocycles. The van der Waals surface area contributed by atoms with E-state index in [0.29, 0.717) is 23.8 Å². The van der Waals surface area contributed by atoms with E-state index in [4.69, 9.17) is 9.15 Å². The van der Waals surface area contributed by atoms with Gasteiger partial charge < -0.3 is 19.4 Å². The molecular formula is C24H27N3O4. The summed E-state index contributed by atoms with van der Waals surface area (Å²) in [4.78, 5) is 30.6. The van der Waals surface area contributed by atoms with E-state index >= 15 is 0 Å². The van der Waals surface area contributed by atoms with E-state index in [2.05, 4.69) is 10.3 Å². The highest BCUT2D eigenvalue weighted by Gasteiger charge is 2.18. The van der Waals surface area contributed by atoms with E-state index in [9.17, 15) is 9.59 Å². The number of aromatic nitrogens is 1. The fourth-order valence-corrected chi connectivity index (χ4v) is 2.88. The molecular weight excluding hydrogens is 394 g/mol. The van der Waals surface area contributed by atoms with Gasteiger partial charge in [0.05, 0.1) is 12.6 Å². The first-order valence-corrected chi connectivity index (χ1v) is 10.1. The molecule has 0 aliphatic carbocycles. The SMILES string of the molecule is Cc1ccc(-c2cnc(CCC(=O)OC(C)C(=O)Nc3ccc(N(C)C)cc3)o2)cc1. The van der Waals surface area contributed by atoms with Gasteiger partial charge in [0.2, 0.25) is 0 Å². The van der Waals surface area contributed by atoms with Gasteiger partial charge in [-0.25, -0.2) is 4.98 Å². The number of aryl methyl sites for hydroxylation is 2. The predicted molar refractivity (Wildman–Crippen MR) is 120 cm³/mol. The molecule has 0 bridgehead atoms. The van der Waals surface area contributed by atoms with Gasteiger partial charge in [0.25, 0.3) is 5.91 Å². The van der Waals surface area contributed by atoms with Crippen LogP contribution in [0, 0.1) is 6.92 Å². The summed E-state index contributed by atoms with van der Waals surface area (Å²) in [5.41, 5.74) is 3.75. The van der Waals surface area contributed by atoms with E-state index in [1.54, 1.807) is 25.3 Å². The number of hydrogen-bond acceptors (Lipinski definition) is 6. The second-order valence-electron chi connectivity index (χ2n) is 7.55. The minimum absolute atomic E-state index is 0.0724. The minimum atomic E-state index is -0.909. The highest BCUT2D eigenvalue weighted by Crippen LogP contribution is 2.21. The number of hydrogen-bond donors (Lipinski definition) is 1. The second kappa shape index (κ2) is 9.93. The maximum atomic E-state index is 12.3. The zero-order chi connectivity index (χ0) is 22.4. The average molecular weight is 421 g/mol. The van der Waals surface area contributed by atoms with Gasteiger partial charge in [-0.1, -0.05) is 29.8 Å². The molecule has 1 N–H and O–H groups in total. The van der Waals surface area contributed by atoms with Gasteiger partial charge in [-0.2, -0.15) is 0 Å². The fraction of sp³-hybridized carbons (Fsp3) is 0.292. The second-order valence-corrected chi connectivity index (χ2v) is 7.55. The molecule has 0 spiro atoms. The lowest BCUT2D eigenvalue weighted by atomic mass is 10.1. The molecule has 0 saturated heterocycles. The van der Waals surface area contributed by atoms with Gasteiger partial charge in [-0.3, -0.25) is 9.59 Å². The van der Waals surface area contributed by atoms with Gasteiger partial charge >= 0.3 is 5.97 Å². The van der Waals surface area contributed by atoms with Crippen molar-refractivity contribution >= 4 is 23.3 Å². The molecule has 1 atom stereocenters. The van der Waals surface area contributed by atoms with Crippen molar-refractivity contribution in [3.8, 4) is 11.3 Å². The summed E-state index contributed by atoms with van der Waals surface area (Å²) in [5, 5.41) is 2.75. The van der Waals surface area contributed by atoms with Gasteiger partial charge in [0, 0.05) is 37.5 Å². The first kappa shape index (κ1) is 22.1. The van der Waals surface area contributed by atoms with Crippen LogP contribution in [0.3, 0.4) is 0 Å². The monoisotopic (exact) mass is 421 g/mol. The molecule has 162 valence electrons. The largest absolute Gasteiger partial charge is 0.453 e. The minimum Gasteiger partial charge on any atom is -0.453 e. The number of benzene rings is 2. The molecule has 31 heavy (non-hydrogen) atoms. The quantitative estimate of drug-likeness (QED) is 0.548. The number of carbonyl (C=O) groups is 2. The number of anilines is 2. The zero-order valence-electron chi connectivity index (χ0n) is 18.2. The first-order chi connectivity index (χ1) is 14.8. The Hall–Kier alpha value is -3.61. The van der Waals surface area contributed by atoms with Gasteiger partial charge in [-0.15, -0.1) is 0 Å². The summed E-state index contributed by atoms with van der Waals surface area (Å²) in [6.45, 7) is 3.56. The van der Waals surface area contributed by atoms with Gasteiger partial charge in [0.1, 0.15) is 0 Å². The van der Waals surface area contributed by atoms with E-state index < -0.39 is 12.1 Å². The van der Waals surface area contributed by atoms with Crippen molar-refractivity contribution in [3.05, 3.63) is 66.2 Å². The molecule has 0 aliphatic heterocycles. The van der Waals surface area contributed by atoms with Crippen LogP contribution in [0.25, 0.3) is 11.3 Å². The Balaban J connectivity index is 1.46. The molecule has 1 heterocycles. The summed E-state index contributed by atoms with van der Waals surface area (Å²) in [6.07, 6.45) is 1.10. The molecule has 0 fully saturated rings. The Morgan fingerprint density at radius 1 is 1.10 bits per heavy atom. The lowest BCUT2D eigenvalue weighted by Gasteiger charge is -2.15. The topological polar surface area (TPSA) is 84.7 Å². The number of oxazole rings is 1. The Kier molecular flexibility index (Phi) is 7.07. The summed E-state index contributed by atoms with van der Waals surface area (Å²) in [6, 6.07) is 15.3. The lowest BCUT2D eigenvalue weighted by Crippen LogP contribution is -2.30. The van der Waals surface area contributed by atoms with E-state index in [1.165, 1.54) is 0 Å². The van der Waals surface area contributed by atoms with Crippen molar-refractivity contribution in [2.75, 3.05) is 24.3 Å². The van der Waals surface area contributed by atoms with Crippen LogP contribution in [0.4, 0.5) is 11.4 Å². The van der Waals surface area contributed by atoms with Crippen LogP contribution >= 0.6 is 0 Å². The summed E-state index contributed by atoms with van der Waals surface area (Å²) < 4.78 is 11.0. The van der Waals surface area contributed by atoms with Crippen LogP contribution in [-0.4, -0.2) is 37.1 Å². The Labute approximate surface area is 182 Å². The fourth-order valence-electron chi connectivity index (χ4n) is 2.88. The number of amides is 1. The Morgan fingerprint density at radius 3 is 2.42 bits per heavy atom. The molecule has 7 nitrogen and oxygen atoms in total. The highest BCUT2D eigenvalue weighted by atomic mass is 16.5. The van der Waals surface area contributed by atoms with Gasteiger partial charge in [0.15, 0.2) is 17.8 Å². The number of carbonyl (C=O) groups excluding carboxylic acids is 2. The van der Waals surface area contributed by atoms with Crippen LogP contribution in [0.15, 0.2) is 59.1 Å². The third-order valence-electron chi connectivity index (χ3n) is 4.76. The number of nitrogens with zero attached hydrogens (tertiary/aromatic N) is 2. The van der Waals surface area contributed by atoms with Crippen molar-refractivity contribution in [2.45, 2.75) is 32.8 Å². The van der Waals surface area contributed by atoms with E-state index in [0.717, 1.165) is 16.8 Å². The van der Waals surface area contributed by atoms with Crippen LogP contribution in [0.1, 0.15) is 24.8 Å². The molecule has 1 unspecified atom stereocenters. The molecule has 7 heteroatoms. The first-order valence-electron chi connectivity index (χ1n) is 10.1. The molecule has 3 rings (SSSR count). The van der Waals surface area contributed by atoms with Gasteiger partial charge in [-0.05, 0) is 38.1 Å². The number of ether oxygens (including phenoxy) is 1. The van der Waals surface area contributed by atoms with Crippen molar-refractivity contribution in [1.82, 2.24) is 4.98 Å². The summed E-state index contributed by atoms with van der Waals surface area (Å²) in [7, 11) is 3.88.